The summed E-state index contributed by atoms with van der Waals surface area (Å²) in [7, 11) is 0. The second kappa shape index (κ2) is 8.24. The van der Waals surface area contributed by atoms with Gasteiger partial charge in [0.25, 0.3) is 5.91 Å². The number of amides is 1. The number of fused-ring (bicyclic) bond motifs is 1. The van der Waals surface area contributed by atoms with E-state index in [-0.39, 0.29) is 11.9 Å². The van der Waals surface area contributed by atoms with E-state index in [4.69, 9.17) is 9.47 Å². The summed E-state index contributed by atoms with van der Waals surface area (Å²) in [5.41, 5.74) is 2.43. The number of aryl methyl sites for hydroxylation is 1. The number of nitrogens with one attached hydrogen (secondary N) is 1. The SMILES string of the molecule is Cc1cc(C(=O)NC(C)C)nc(N2CCN(Cc3ccc4c(c3)OCO4)CC2)n1. The molecule has 0 unspecified atom stereocenters. The lowest BCUT2D eigenvalue weighted by Gasteiger charge is -2.35. The Balaban J connectivity index is 1.38. The van der Waals surface area contributed by atoms with Gasteiger partial charge in [-0.05, 0) is 44.5 Å². The molecular formula is C21H27N5O3. The van der Waals surface area contributed by atoms with Crippen LogP contribution in [0, 0.1) is 6.92 Å². The lowest BCUT2D eigenvalue weighted by Crippen LogP contribution is -2.46. The molecule has 0 spiro atoms. The molecule has 0 radical (unpaired) electrons. The van der Waals surface area contributed by atoms with Crippen LogP contribution in [-0.4, -0.2) is 59.8 Å². The van der Waals surface area contributed by atoms with E-state index >= 15 is 0 Å². The van der Waals surface area contributed by atoms with Crippen molar-refractivity contribution in [1.82, 2.24) is 20.2 Å². The van der Waals surface area contributed by atoms with Crippen molar-refractivity contribution in [3.05, 3.63) is 41.2 Å². The zero-order valence-electron chi connectivity index (χ0n) is 17.1. The molecule has 1 amide bonds. The third kappa shape index (κ3) is 4.59. The smallest absolute Gasteiger partial charge is 0.270 e. The summed E-state index contributed by atoms with van der Waals surface area (Å²) in [6.07, 6.45) is 0. The highest BCUT2D eigenvalue weighted by molar-refractivity contribution is 5.92. The average molecular weight is 397 g/mol. The number of piperazine rings is 1. The van der Waals surface area contributed by atoms with Crippen LogP contribution in [0.4, 0.5) is 5.95 Å². The van der Waals surface area contributed by atoms with Crippen LogP contribution < -0.4 is 19.7 Å². The Morgan fingerprint density at radius 1 is 1.10 bits per heavy atom. The van der Waals surface area contributed by atoms with Crippen molar-refractivity contribution in [3.63, 3.8) is 0 Å². The Labute approximate surface area is 170 Å². The monoisotopic (exact) mass is 397 g/mol. The molecule has 8 nitrogen and oxygen atoms in total. The molecule has 2 aliphatic heterocycles. The molecular weight excluding hydrogens is 370 g/mol. The van der Waals surface area contributed by atoms with E-state index in [1.54, 1.807) is 6.07 Å². The molecule has 0 aliphatic carbocycles. The van der Waals surface area contributed by atoms with E-state index in [9.17, 15) is 4.79 Å². The van der Waals surface area contributed by atoms with Crippen molar-refractivity contribution in [2.24, 2.45) is 0 Å². The van der Waals surface area contributed by atoms with Gasteiger partial charge in [0.1, 0.15) is 5.69 Å². The van der Waals surface area contributed by atoms with Crippen LogP contribution in [0.2, 0.25) is 0 Å². The van der Waals surface area contributed by atoms with Crippen molar-refractivity contribution in [2.75, 3.05) is 37.9 Å². The van der Waals surface area contributed by atoms with Gasteiger partial charge < -0.3 is 19.7 Å². The number of hydrogen-bond donors (Lipinski definition) is 1. The zero-order valence-corrected chi connectivity index (χ0v) is 17.1. The molecule has 3 heterocycles. The summed E-state index contributed by atoms with van der Waals surface area (Å²) >= 11 is 0. The highest BCUT2D eigenvalue weighted by atomic mass is 16.7. The molecule has 2 aromatic rings. The topological polar surface area (TPSA) is 79.8 Å². The van der Waals surface area contributed by atoms with Crippen molar-refractivity contribution in [2.45, 2.75) is 33.4 Å². The van der Waals surface area contributed by atoms with E-state index < -0.39 is 0 Å². The summed E-state index contributed by atoms with van der Waals surface area (Å²) < 4.78 is 10.8. The molecule has 8 heteroatoms. The summed E-state index contributed by atoms with van der Waals surface area (Å²) in [5, 5.41) is 2.89. The lowest BCUT2D eigenvalue weighted by molar-refractivity contribution is 0.0937. The number of benzene rings is 1. The second-order valence-electron chi connectivity index (χ2n) is 7.77. The molecule has 1 aromatic carbocycles. The van der Waals surface area contributed by atoms with Crippen LogP contribution in [0.25, 0.3) is 0 Å². The van der Waals surface area contributed by atoms with Gasteiger partial charge in [-0.3, -0.25) is 9.69 Å². The first-order valence-electron chi connectivity index (χ1n) is 10.0. The van der Waals surface area contributed by atoms with Gasteiger partial charge in [-0.25, -0.2) is 9.97 Å². The maximum atomic E-state index is 12.3. The Hall–Kier alpha value is -2.87. The molecule has 1 aromatic heterocycles. The number of hydrogen-bond acceptors (Lipinski definition) is 7. The molecule has 4 rings (SSSR count). The number of carbonyl (C=O) groups excluding carboxylic acids is 1. The fourth-order valence-corrected chi connectivity index (χ4v) is 3.55. The van der Waals surface area contributed by atoms with Crippen LogP contribution in [0.5, 0.6) is 11.5 Å². The van der Waals surface area contributed by atoms with E-state index in [0.29, 0.717) is 18.4 Å². The Bertz CT molecular complexity index is 894. The maximum absolute atomic E-state index is 12.3. The largest absolute Gasteiger partial charge is 0.454 e. The first kappa shape index (κ1) is 19.4. The normalized spacial score (nSPS) is 16.3. The van der Waals surface area contributed by atoms with E-state index in [1.165, 1.54) is 5.56 Å². The fraction of sp³-hybridized carbons (Fsp3) is 0.476. The van der Waals surface area contributed by atoms with E-state index in [2.05, 4.69) is 37.2 Å². The van der Waals surface area contributed by atoms with Crippen molar-refractivity contribution in [3.8, 4) is 11.5 Å². The third-order valence-electron chi connectivity index (χ3n) is 4.99. The molecule has 0 bridgehead atoms. The van der Waals surface area contributed by atoms with Gasteiger partial charge in [0.05, 0.1) is 0 Å². The molecule has 1 fully saturated rings. The molecule has 29 heavy (non-hydrogen) atoms. The minimum absolute atomic E-state index is 0.0703. The van der Waals surface area contributed by atoms with Crippen molar-refractivity contribution >= 4 is 11.9 Å². The minimum Gasteiger partial charge on any atom is -0.454 e. The van der Waals surface area contributed by atoms with Gasteiger partial charge in [-0.2, -0.15) is 0 Å². The Morgan fingerprint density at radius 3 is 2.62 bits per heavy atom. The van der Waals surface area contributed by atoms with Crippen LogP contribution in [0.3, 0.4) is 0 Å². The van der Waals surface area contributed by atoms with E-state index in [0.717, 1.165) is 49.9 Å². The number of ether oxygens (including phenoxy) is 2. The van der Waals surface area contributed by atoms with Crippen LogP contribution in [0.1, 0.15) is 35.6 Å². The molecule has 2 aliphatic rings. The average Bonchev–Trinajstić information content (AvgIpc) is 3.15. The maximum Gasteiger partial charge on any atom is 0.270 e. The van der Waals surface area contributed by atoms with Gasteiger partial charge in [0, 0.05) is 44.5 Å². The number of carbonyl (C=O) groups is 1. The van der Waals surface area contributed by atoms with Gasteiger partial charge in [-0.15, -0.1) is 0 Å². The van der Waals surface area contributed by atoms with Crippen molar-refractivity contribution in [1.29, 1.82) is 0 Å². The molecule has 0 saturated carbocycles. The van der Waals surface area contributed by atoms with Gasteiger partial charge in [-0.1, -0.05) is 6.07 Å². The van der Waals surface area contributed by atoms with Crippen LogP contribution in [0.15, 0.2) is 24.3 Å². The predicted molar refractivity (Wildman–Crippen MR) is 109 cm³/mol. The quantitative estimate of drug-likeness (QED) is 0.826. The Kier molecular flexibility index (Phi) is 5.53. The first-order valence-corrected chi connectivity index (χ1v) is 10.0. The fourth-order valence-electron chi connectivity index (χ4n) is 3.55. The predicted octanol–water partition coefficient (Wildman–Crippen LogP) is 1.97. The summed E-state index contributed by atoms with van der Waals surface area (Å²) in [6, 6.07) is 7.91. The second-order valence-corrected chi connectivity index (χ2v) is 7.77. The number of rotatable bonds is 5. The minimum atomic E-state index is -0.159. The van der Waals surface area contributed by atoms with Crippen molar-refractivity contribution < 1.29 is 14.3 Å². The number of aromatic nitrogens is 2. The summed E-state index contributed by atoms with van der Waals surface area (Å²) in [4.78, 5) is 25.9. The molecule has 0 atom stereocenters. The molecule has 1 saturated heterocycles. The summed E-state index contributed by atoms with van der Waals surface area (Å²) in [6.45, 7) is 10.4. The van der Waals surface area contributed by atoms with Crippen LogP contribution >= 0.6 is 0 Å². The van der Waals surface area contributed by atoms with Gasteiger partial charge in [0.2, 0.25) is 12.7 Å². The first-order chi connectivity index (χ1) is 14.0. The summed E-state index contributed by atoms with van der Waals surface area (Å²) in [5.74, 6) is 2.10. The van der Waals surface area contributed by atoms with Gasteiger partial charge >= 0.3 is 0 Å². The molecule has 154 valence electrons. The standard InChI is InChI=1S/C21H27N5O3/c1-14(2)22-20(27)17-10-15(3)23-21(24-17)26-8-6-25(7-9-26)12-16-4-5-18-19(11-16)29-13-28-18/h4-5,10-11,14H,6-9,12-13H2,1-3H3,(H,22,27). The number of anilines is 1. The highest BCUT2D eigenvalue weighted by Crippen LogP contribution is 2.32. The number of nitrogens with zero attached hydrogens (tertiary/aromatic N) is 4. The van der Waals surface area contributed by atoms with Gasteiger partial charge in [0.15, 0.2) is 11.5 Å². The third-order valence-corrected chi connectivity index (χ3v) is 4.99. The zero-order chi connectivity index (χ0) is 20.4. The highest BCUT2D eigenvalue weighted by Gasteiger charge is 2.22. The molecule has 1 N–H and O–H groups in total. The lowest BCUT2D eigenvalue weighted by atomic mass is 10.1. The Morgan fingerprint density at radius 2 is 1.86 bits per heavy atom. The van der Waals surface area contributed by atoms with Crippen LogP contribution in [-0.2, 0) is 6.54 Å². The van der Waals surface area contributed by atoms with E-state index in [1.807, 2.05) is 26.8 Å².